The van der Waals surface area contributed by atoms with Gasteiger partial charge in [0.15, 0.2) is 0 Å². The van der Waals surface area contributed by atoms with E-state index in [1.54, 1.807) is 0 Å². The number of hydrogen-bond donors (Lipinski definition) is 2. The first kappa shape index (κ1) is 17.7. The smallest absolute Gasteiger partial charge is 0.237 e. The molecule has 2 rings (SSSR count). The number of nitrogens with zero attached hydrogens (tertiary/aromatic N) is 1. The summed E-state index contributed by atoms with van der Waals surface area (Å²) in [5, 5.41) is 3.24. The molecule has 2 aliphatic rings. The van der Waals surface area contributed by atoms with E-state index in [1.807, 2.05) is 6.92 Å². The maximum Gasteiger partial charge on any atom is 0.237 e. The Balaban J connectivity index is 0.00000200. The molecule has 3 N–H and O–H groups in total. The molecular formula is C15H30ClN3O. The van der Waals surface area contributed by atoms with Crippen LogP contribution in [-0.4, -0.2) is 42.5 Å². The Morgan fingerprint density at radius 2 is 1.95 bits per heavy atom. The number of likely N-dealkylation sites (tertiary alicyclic amines) is 1. The Morgan fingerprint density at radius 3 is 2.60 bits per heavy atom. The predicted octanol–water partition coefficient (Wildman–Crippen LogP) is 1.92. The molecule has 0 aromatic heterocycles. The van der Waals surface area contributed by atoms with Crippen LogP contribution in [0.15, 0.2) is 0 Å². The van der Waals surface area contributed by atoms with Crippen LogP contribution in [0.25, 0.3) is 0 Å². The minimum Gasteiger partial charge on any atom is -0.352 e. The molecule has 0 aromatic rings. The van der Waals surface area contributed by atoms with Crippen LogP contribution in [0.3, 0.4) is 0 Å². The lowest BCUT2D eigenvalue weighted by Gasteiger charge is -2.36. The van der Waals surface area contributed by atoms with Gasteiger partial charge in [0, 0.05) is 12.6 Å². The minimum absolute atomic E-state index is 0. The van der Waals surface area contributed by atoms with Crippen LogP contribution in [-0.2, 0) is 4.79 Å². The number of nitrogens with two attached hydrogens (primary N) is 1. The molecule has 0 bridgehead atoms. The minimum atomic E-state index is -0.00345. The van der Waals surface area contributed by atoms with Gasteiger partial charge in [-0.25, -0.2) is 0 Å². The molecule has 2 atom stereocenters. The first-order valence-corrected chi connectivity index (χ1v) is 7.95. The highest BCUT2D eigenvalue weighted by Crippen LogP contribution is 2.20. The highest BCUT2D eigenvalue weighted by molar-refractivity contribution is 5.85. The quantitative estimate of drug-likeness (QED) is 0.834. The van der Waals surface area contributed by atoms with E-state index in [9.17, 15) is 4.79 Å². The molecule has 1 amide bonds. The summed E-state index contributed by atoms with van der Waals surface area (Å²) < 4.78 is 0. The molecule has 0 spiro atoms. The summed E-state index contributed by atoms with van der Waals surface area (Å²) >= 11 is 0. The molecule has 1 saturated heterocycles. The second-order valence-electron chi connectivity index (χ2n) is 6.26. The Bertz CT molecular complexity index is 295. The van der Waals surface area contributed by atoms with Gasteiger partial charge in [-0.2, -0.15) is 0 Å². The number of carbonyl (C=O) groups excluding carboxylic acids is 1. The van der Waals surface area contributed by atoms with E-state index >= 15 is 0 Å². The maximum absolute atomic E-state index is 12.3. The number of hydrogen-bond acceptors (Lipinski definition) is 3. The monoisotopic (exact) mass is 303 g/mol. The summed E-state index contributed by atoms with van der Waals surface area (Å²) in [6.07, 6.45) is 8.55. The van der Waals surface area contributed by atoms with Gasteiger partial charge in [-0.3, -0.25) is 9.69 Å². The van der Waals surface area contributed by atoms with E-state index in [1.165, 1.54) is 32.1 Å². The van der Waals surface area contributed by atoms with Crippen molar-refractivity contribution in [2.24, 2.45) is 11.7 Å². The standard InChI is InChI=1S/C15H29N3O.ClH/c1-12(18-9-5-6-13(10-16)11-18)15(19)17-14-7-3-2-4-8-14;/h12-14H,2-11,16H2,1H3,(H,17,19);1H. The van der Waals surface area contributed by atoms with Gasteiger partial charge < -0.3 is 11.1 Å². The number of piperidine rings is 1. The number of rotatable bonds is 4. The molecule has 1 aliphatic carbocycles. The molecule has 1 saturated carbocycles. The second kappa shape index (κ2) is 8.85. The average molecular weight is 304 g/mol. The highest BCUT2D eigenvalue weighted by atomic mass is 35.5. The van der Waals surface area contributed by atoms with Crippen molar-refractivity contribution in [3.63, 3.8) is 0 Å². The molecule has 1 heterocycles. The van der Waals surface area contributed by atoms with Crippen LogP contribution in [0.4, 0.5) is 0 Å². The van der Waals surface area contributed by atoms with Crippen LogP contribution in [0.1, 0.15) is 51.9 Å². The zero-order chi connectivity index (χ0) is 13.7. The van der Waals surface area contributed by atoms with Crippen LogP contribution in [0.5, 0.6) is 0 Å². The van der Waals surface area contributed by atoms with E-state index < -0.39 is 0 Å². The van der Waals surface area contributed by atoms with E-state index in [0.29, 0.717) is 12.0 Å². The molecule has 5 heteroatoms. The van der Waals surface area contributed by atoms with Gasteiger partial charge in [0.05, 0.1) is 6.04 Å². The third kappa shape index (κ3) is 4.90. The van der Waals surface area contributed by atoms with Gasteiger partial charge in [0.1, 0.15) is 0 Å². The SMILES string of the molecule is CC(C(=O)NC1CCCCC1)N1CCCC(CN)C1.Cl. The van der Waals surface area contributed by atoms with Crippen LogP contribution >= 0.6 is 12.4 Å². The first-order valence-electron chi connectivity index (χ1n) is 7.95. The van der Waals surface area contributed by atoms with Gasteiger partial charge in [0.2, 0.25) is 5.91 Å². The molecule has 1 aliphatic heterocycles. The Labute approximate surface area is 129 Å². The van der Waals surface area contributed by atoms with Gasteiger partial charge >= 0.3 is 0 Å². The van der Waals surface area contributed by atoms with Crippen molar-refractivity contribution >= 4 is 18.3 Å². The summed E-state index contributed by atoms with van der Waals surface area (Å²) in [5.74, 6) is 0.781. The number of nitrogens with one attached hydrogen (secondary N) is 1. The molecule has 0 radical (unpaired) electrons. The number of carbonyl (C=O) groups is 1. The average Bonchev–Trinajstić information content (AvgIpc) is 2.47. The van der Waals surface area contributed by atoms with E-state index in [2.05, 4.69) is 10.2 Å². The van der Waals surface area contributed by atoms with Crippen molar-refractivity contribution < 1.29 is 4.79 Å². The number of halogens is 1. The van der Waals surface area contributed by atoms with Gasteiger partial charge in [0.25, 0.3) is 0 Å². The molecular weight excluding hydrogens is 274 g/mol. The largest absolute Gasteiger partial charge is 0.352 e. The third-order valence-electron chi connectivity index (χ3n) is 4.76. The van der Waals surface area contributed by atoms with Crippen molar-refractivity contribution in [2.45, 2.75) is 64.0 Å². The van der Waals surface area contributed by atoms with E-state index in [0.717, 1.165) is 32.5 Å². The third-order valence-corrected chi connectivity index (χ3v) is 4.76. The Hall–Kier alpha value is -0.320. The Kier molecular flexibility index (Phi) is 7.85. The zero-order valence-electron chi connectivity index (χ0n) is 12.6. The normalized spacial score (nSPS) is 26.6. The van der Waals surface area contributed by atoms with Crippen molar-refractivity contribution in [3.8, 4) is 0 Å². The summed E-state index contributed by atoms with van der Waals surface area (Å²) in [6.45, 7) is 4.80. The van der Waals surface area contributed by atoms with E-state index in [4.69, 9.17) is 5.73 Å². The van der Waals surface area contributed by atoms with E-state index in [-0.39, 0.29) is 24.4 Å². The molecule has 2 fully saturated rings. The summed E-state index contributed by atoms with van der Waals surface area (Å²) in [7, 11) is 0. The van der Waals surface area contributed by atoms with Crippen LogP contribution in [0.2, 0.25) is 0 Å². The van der Waals surface area contributed by atoms with Crippen LogP contribution < -0.4 is 11.1 Å². The van der Waals surface area contributed by atoms with Crippen LogP contribution in [0, 0.1) is 5.92 Å². The van der Waals surface area contributed by atoms with Gasteiger partial charge in [-0.05, 0) is 51.6 Å². The zero-order valence-corrected chi connectivity index (χ0v) is 13.5. The molecule has 118 valence electrons. The van der Waals surface area contributed by atoms with Gasteiger partial charge in [-0.1, -0.05) is 19.3 Å². The lowest BCUT2D eigenvalue weighted by molar-refractivity contribution is -0.127. The summed E-state index contributed by atoms with van der Waals surface area (Å²) in [4.78, 5) is 14.6. The fraction of sp³-hybridized carbons (Fsp3) is 0.933. The lowest BCUT2D eigenvalue weighted by Crippen LogP contribution is -2.52. The summed E-state index contributed by atoms with van der Waals surface area (Å²) in [6, 6.07) is 0.412. The maximum atomic E-state index is 12.3. The molecule has 4 nitrogen and oxygen atoms in total. The molecule has 0 aromatic carbocycles. The predicted molar refractivity (Wildman–Crippen MR) is 85.1 cm³/mol. The lowest BCUT2D eigenvalue weighted by atomic mass is 9.94. The molecule has 2 unspecified atom stereocenters. The first-order chi connectivity index (χ1) is 9.20. The topological polar surface area (TPSA) is 58.4 Å². The van der Waals surface area contributed by atoms with Crippen molar-refractivity contribution in [3.05, 3.63) is 0 Å². The summed E-state index contributed by atoms with van der Waals surface area (Å²) in [5.41, 5.74) is 5.76. The fourth-order valence-electron chi connectivity index (χ4n) is 3.38. The second-order valence-corrected chi connectivity index (χ2v) is 6.26. The Morgan fingerprint density at radius 1 is 1.25 bits per heavy atom. The fourth-order valence-corrected chi connectivity index (χ4v) is 3.38. The van der Waals surface area contributed by atoms with Crippen molar-refractivity contribution in [2.75, 3.05) is 19.6 Å². The van der Waals surface area contributed by atoms with Crippen molar-refractivity contribution in [1.82, 2.24) is 10.2 Å². The van der Waals surface area contributed by atoms with Gasteiger partial charge in [-0.15, -0.1) is 12.4 Å². The van der Waals surface area contributed by atoms with Crippen molar-refractivity contribution in [1.29, 1.82) is 0 Å². The molecule has 20 heavy (non-hydrogen) atoms. The number of amides is 1. The highest BCUT2D eigenvalue weighted by Gasteiger charge is 2.28.